The van der Waals surface area contributed by atoms with E-state index in [0.29, 0.717) is 16.6 Å². The van der Waals surface area contributed by atoms with Crippen LogP contribution in [0, 0.1) is 6.57 Å². The zero-order valence-electron chi connectivity index (χ0n) is 10.1. The summed E-state index contributed by atoms with van der Waals surface area (Å²) in [5.74, 6) is -0.601. The van der Waals surface area contributed by atoms with Gasteiger partial charge in [-0.1, -0.05) is 17.8 Å². The van der Waals surface area contributed by atoms with Gasteiger partial charge in [-0.2, -0.15) is 0 Å². The third-order valence-electron chi connectivity index (χ3n) is 2.29. The van der Waals surface area contributed by atoms with Gasteiger partial charge in [0.25, 0.3) is 11.2 Å². The number of thiophene rings is 1. The quantitative estimate of drug-likeness (QED) is 0.503. The van der Waals surface area contributed by atoms with Crippen LogP contribution in [0.3, 0.4) is 0 Å². The molecule has 6 nitrogen and oxygen atoms in total. The third-order valence-corrected chi connectivity index (χ3v) is 4.05. The third kappa shape index (κ3) is 3.26. The van der Waals surface area contributed by atoms with E-state index >= 15 is 0 Å². The van der Waals surface area contributed by atoms with Crippen LogP contribution in [0.5, 0.6) is 0 Å². The van der Waals surface area contributed by atoms with Crippen LogP contribution in [0.15, 0.2) is 27.5 Å². The first kappa shape index (κ1) is 14.3. The number of carboxylic acids is 1. The number of carbonyl (C=O) groups is 1. The van der Waals surface area contributed by atoms with E-state index in [0.717, 1.165) is 16.6 Å². The largest absolute Gasteiger partial charge is 0.481 e. The molecular weight excluding hydrogens is 298 g/mol. The summed E-state index contributed by atoms with van der Waals surface area (Å²) in [6, 6.07) is 3.60. The number of nitrogens with one attached hydrogen (secondary N) is 1. The van der Waals surface area contributed by atoms with Gasteiger partial charge >= 0.3 is 5.97 Å². The van der Waals surface area contributed by atoms with Crippen LogP contribution < -0.4 is 5.56 Å². The van der Waals surface area contributed by atoms with Crippen molar-refractivity contribution in [3.05, 3.63) is 39.3 Å². The molecule has 0 atom stereocenters. The molecule has 0 aliphatic carbocycles. The summed E-state index contributed by atoms with van der Waals surface area (Å²) < 4.78 is 0. The highest BCUT2D eigenvalue weighted by Gasteiger charge is 2.14. The molecule has 0 aliphatic heterocycles. The summed E-state index contributed by atoms with van der Waals surface area (Å²) in [6.07, 6.45) is -0.0206. The average Bonchev–Trinajstić information content (AvgIpc) is 2.91. The molecule has 0 aliphatic rings. The number of rotatable bonds is 5. The fraction of sp³-hybridized carbons (Fsp3) is 0.167. The fourth-order valence-electron chi connectivity index (χ4n) is 1.44. The zero-order valence-corrected chi connectivity index (χ0v) is 11.8. The summed E-state index contributed by atoms with van der Waals surface area (Å²) in [4.78, 5) is 33.0. The van der Waals surface area contributed by atoms with Crippen molar-refractivity contribution in [1.29, 1.82) is 0 Å². The lowest BCUT2D eigenvalue weighted by atomic mass is 10.3. The Balaban J connectivity index is 2.35. The van der Waals surface area contributed by atoms with Crippen LogP contribution in [0.1, 0.15) is 6.42 Å². The first-order valence-corrected chi connectivity index (χ1v) is 7.38. The minimum atomic E-state index is -0.906. The Hall–Kier alpha value is -2.11. The van der Waals surface area contributed by atoms with Crippen LogP contribution in [-0.4, -0.2) is 26.8 Å². The molecule has 0 unspecified atom stereocenters. The van der Waals surface area contributed by atoms with Crippen molar-refractivity contribution in [3.8, 4) is 10.6 Å². The molecule has 2 aromatic heterocycles. The van der Waals surface area contributed by atoms with Gasteiger partial charge in [0.2, 0.25) is 0 Å². The second-order valence-electron chi connectivity index (χ2n) is 3.65. The first-order chi connectivity index (χ1) is 9.61. The minimum absolute atomic E-state index is 0.0206. The number of thioether (sulfide) groups is 1. The van der Waals surface area contributed by atoms with Gasteiger partial charge in [0, 0.05) is 10.6 Å². The van der Waals surface area contributed by atoms with E-state index in [4.69, 9.17) is 11.7 Å². The average molecular weight is 307 g/mol. The van der Waals surface area contributed by atoms with Crippen molar-refractivity contribution in [2.24, 2.45) is 0 Å². The van der Waals surface area contributed by atoms with Gasteiger partial charge in [-0.25, -0.2) is 9.83 Å². The van der Waals surface area contributed by atoms with E-state index in [2.05, 4.69) is 14.8 Å². The predicted octanol–water partition coefficient (Wildman–Crippen LogP) is 2.62. The Morgan fingerprint density at radius 1 is 1.60 bits per heavy atom. The fourth-order valence-corrected chi connectivity index (χ4v) is 2.94. The van der Waals surface area contributed by atoms with E-state index in [1.165, 1.54) is 11.3 Å². The highest BCUT2D eigenvalue weighted by molar-refractivity contribution is 7.99. The van der Waals surface area contributed by atoms with E-state index in [1.807, 2.05) is 11.4 Å². The van der Waals surface area contributed by atoms with Crippen molar-refractivity contribution in [3.63, 3.8) is 0 Å². The van der Waals surface area contributed by atoms with Crippen LogP contribution in [0.25, 0.3) is 15.4 Å². The molecule has 2 aromatic rings. The standard InChI is InChI=1S/C12H9N3O3S2/c1-13-10-9(7-3-2-5-19-7)14-12(15-11(10)18)20-6-4-8(16)17/h2-3,5H,4,6H2,(H,16,17)(H,14,15,18). The van der Waals surface area contributed by atoms with E-state index in [1.54, 1.807) is 6.07 Å². The van der Waals surface area contributed by atoms with E-state index < -0.39 is 11.5 Å². The normalized spacial score (nSPS) is 10.2. The number of carboxylic acid groups (broad SMARTS) is 1. The molecule has 102 valence electrons. The summed E-state index contributed by atoms with van der Waals surface area (Å²) >= 11 is 2.54. The molecule has 0 amide bonds. The Morgan fingerprint density at radius 2 is 2.40 bits per heavy atom. The molecule has 20 heavy (non-hydrogen) atoms. The number of aliphatic carboxylic acids is 1. The Labute approximate surface area is 122 Å². The number of hydrogen-bond donors (Lipinski definition) is 2. The topological polar surface area (TPSA) is 87.4 Å². The predicted molar refractivity (Wildman–Crippen MR) is 77.4 cm³/mol. The number of nitrogens with zero attached hydrogens (tertiary/aromatic N) is 2. The number of hydrogen-bond acceptors (Lipinski definition) is 5. The highest BCUT2D eigenvalue weighted by atomic mass is 32.2. The molecule has 0 spiro atoms. The van der Waals surface area contributed by atoms with Gasteiger partial charge in [0.05, 0.1) is 18.7 Å². The molecule has 2 N–H and O–H groups in total. The maximum absolute atomic E-state index is 11.8. The van der Waals surface area contributed by atoms with Gasteiger partial charge < -0.3 is 10.1 Å². The SMILES string of the molecule is [C-]#[N+]c1c(-c2cccs2)nc(SCCC(=O)O)[nH]c1=O. The number of aromatic amines is 1. The molecule has 2 heterocycles. The van der Waals surface area contributed by atoms with E-state index in [-0.39, 0.29) is 12.1 Å². The maximum Gasteiger partial charge on any atom is 0.304 e. The van der Waals surface area contributed by atoms with Crippen molar-refractivity contribution < 1.29 is 9.90 Å². The molecule has 0 saturated carbocycles. The summed E-state index contributed by atoms with van der Waals surface area (Å²) in [5, 5.41) is 10.8. The Bertz CT molecular complexity index is 717. The molecule has 0 aromatic carbocycles. The van der Waals surface area contributed by atoms with Crippen LogP contribution in [0.2, 0.25) is 0 Å². The van der Waals surface area contributed by atoms with Crippen LogP contribution >= 0.6 is 23.1 Å². The van der Waals surface area contributed by atoms with Gasteiger partial charge in [-0.15, -0.1) is 11.3 Å². The lowest BCUT2D eigenvalue weighted by molar-refractivity contribution is -0.136. The molecule has 0 saturated heterocycles. The summed E-state index contributed by atoms with van der Waals surface area (Å²) in [5.41, 5.74) is -0.206. The number of aromatic nitrogens is 2. The van der Waals surface area contributed by atoms with Gasteiger partial charge in [-0.05, 0) is 11.4 Å². The highest BCUT2D eigenvalue weighted by Crippen LogP contribution is 2.30. The Morgan fingerprint density at radius 3 is 3.00 bits per heavy atom. The summed E-state index contributed by atoms with van der Waals surface area (Å²) in [7, 11) is 0. The number of H-pyrrole nitrogens is 1. The van der Waals surface area contributed by atoms with Crippen LogP contribution in [-0.2, 0) is 4.79 Å². The van der Waals surface area contributed by atoms with Gasteiger partial charge in [0.1, 0.15) is 0 Å². The van der Waals surface area contributed by atoms with Gasteiger partial charge in [0.15, 0.2) is 5.16 Å². The molecule has 0 radical (unpaired) electrons. The first-order valence-electron chi connectivity index (χ1n) is 5.52. The zero-order chi connectivity index (χ0) is 14.5. The molecule has 0 fully saturated rings. The van der Waals surface area contributed by atoms with Crippen molar-refractivity contribution in [2.45, 2.75) is 11.6 Å². The lowest BCUT2D eigenvalue weighted by Crippen LogP contribution is -2.09. The second-order valence-corrected chi connectivity index (χ2v) is 5.68. The van der Waals surface area contributed by atoms with Crippen molar-refractivity contribution >= 4 is 34.8 Å². The second kappa shape index (κ2) is 6.36. The monoisotopic (exact) mass is 307 g/mol. The lowest BCUT2D eigenvalue weighted by Gasteiger charge is -2.04. The summed E-state index contributed by atoms with van der Waals surface area (Å²) in [6.45, 7) is 7.08. The van der Waals surface area contributed by atoms with Crippen molar-refractivity contribution in [1.82, 2.24) is 9.97 Å². The molecule has 0 bridgehead atoms. The Kier molecular flexibility index (Phi) is 4.55. The smallest absolute Gasteiger partial charge is 0.304 e. The maximum atomic E-state index is 11.8. The minimum Gasteiger partial charge on any atom is -0.481 e. The van der Waals surface area contributed by atoms with E-state index in [9.17, 15) is 9.59 Å². The van der Waals surface area contributed by atoms with Crippen molar-refractivity contribution in [2.75, 3.05) is 5.75 Å². The molecule has 8 heteroatoms. The van der Waals surface area contributed by atoms with Crippen LogP contribution in [0.4, 0.5) is 5.69 Å². The molecular formula is C12H9N3O3S2. The molecule has 2 rings (SSSR count). The van der Waals surface area contributed by atoms with Gasteiger partial charge in [-0.3, -0.25) is 9.59 Å².